The number of benzene rings is 2. The number of halogens is 2. The Kier molecular flexibility index (Phi) is 3.73. The SMILES string of the molecule is Cc1nc2ccc(NC(=O)c3c(F)cccc3Br)cc2s1. The Balaban J connectivity index is 1.92. The third-order valence-electron chi connectivity index (χ3n) is 2.94. The number of nitrogens with one attached hydrogen (secondary N) is 1. The van der Waals surface area contributed by atoms with E-state index in [1.54, 1.807) is 29.5 Å². The van der Waals surface area contributed by atoms with Crippen LogP contribution in [0.25, 0.3) is 10.2 Å². The second-order valence-electron chi connectivity index (χ2n) is 4.47. The number of amides is 1. The van der Waals surface area contributed by atoms with E-state index in [2.05, 4.69) is 26.2 Å². The van der Waals surface area contributed by atoms with E-state index in [0.717, 1.165) is 15.2 Å². The third kappa shape index (κ3) is 2.82. The molecule has 3 rings (SSSR count). The maximum atomic E-state index is 13.8. The molecule has 0 aliphatic heterocycles. The Morgan fingerprint density at radius 2 is 2.14 bits per heavy atom. The molecule has 0 spiro atoms. The molecule has 0 fully saturated rings. The monoisotopic (exact) mass is 364 g/mol. The van der Waals surface area contributed by atoms with Crippen LogP contribution in [0.2, 0.25) is 0 Å². The zero-order chi connectivity index (χ0) is 15.0. The summed E-state index contributed by atoms with van der Waals surface area (Å²) in [5.74, 6) is -1.04. The lowest BCUT2D eigenvalue weighted by atomic mass is 10.2. The van der Waals surface area contributed by atoms with Gasteiger partial charge in [0.1, 0.15) is 5.82 Å². The van der Waals surface area contributed by atoms with Crippen LogP contribution < -0.4 is 5.32 Å². The lowest BCUT2D eigenvalue weighted by Gasteiger charge is -2.07. The topological polar surface area (TPSA) is 42.0 Å². The number of hydrogen-bond acceptors (Lipinski definition) is 3. The maximum absolute atomic E-state index is 13.8. The van der Waals surface area contributed by atoms with Crippen LogP contribution in [0.15, 0.2) is 40.9 Å². The molecule has 21 heavy (non-hydrogen) atoms. The molecule has 1 amide bonds. The molecule has 0 unspecified atom stereocenters. The van der Waals surface area contributed by atoms with Crippen molar-refractivity contribution in [2.24, 2.45) is 0 Å². The van der Waals surface area contributed by atoms with Crippen LogP contribution in [0.4, 0.5) is 10.1 Å². The van der Waals surface area contributed by atoms with Crippen molar-refractivity contribution >= 4 is 49.1 Å². The molecule has 0 radical (unpaired) electrons. The second-order valence-corrected chi connectivity index (χ2v) is 6.56. The van der Waals surface area contributed by atoms with Gasteiger partial charge >= 0.3 is 0 Å². The maximum Gasteiger partial charge on any atom is 0.259 e. The molecule has 0 aliphatic rings. The highest BCUT2D eigenvalue weighted by Crippen LogP contribution is 2.26. The van der Waals surface area contributed by atoms with Crippen molar-refractivity contribution in [3.63, 3.8) is 0 Å². The highest BCUT2D eigenvalue weighted by atomic mass is 79.9. The molecule has 1 aromatic heterocycles. The first-order chi connectivity index (χ1) is 10.0. The standard InChI is InChI=1S/C15H10BrFN2OS/c1-8-18-12-6-5-9(7-13(12)21-8)19-15(20)14-10(16)3-2-4-11(14)17/h2-7H,1H3,(H,19,20). The van der Waals surface area contributed by atoms with Crippen LogP contribution in [0.3, 0.4) is 0 Å². The van der Waals surface area contributed by atoms with E-state index in [0.29, 0.717) is 10.2 Å². The van der Waals surface area contributed by atoms with Crippen LogP contribution in [-0.4, -0.2) is 10.9 Å². The van der Waals surface area contributed by atoms with Crippen molar-refractivity contribution in [1.82, 2.24) is 4.98 Å². The second kappa shape index (κ2) is 5.54. The van der Waals surface area contributed by atoms with Crippen molar-refractivity contribution in [1.29, 1.82) is 0 Å². The average molecular weight is 365 g/mol. The fraction of sp³-hybridized carbons (Fsp3) is 0.0667. The summed E-state index contributed by atoms with van der Waals surface area (Å²) < 4.78 is 15.2. The molecular formula is C15H10BrFN2OS. The van der Waals surface area contributed by atoms with Gasteiger partial charge in [0.05, 0.1) is 20.8 Å². The quantitative estimate of drug-likeness (QED) is 0.712. The third-order valence-corrected chi connectivity index (χ3v) is 4.54. The van der Waals surface area contributed by atoms with E-state index >= 15 is 0 Å². The lowest BCUT2D eigenvalue weighted by molar-refractivity contribution is 0.102. The van der Waals surface area contributed by atoms with Gasteiger partial charge in [-0.2, -0.15) is 0 Å². The van der Waals surface area contributed by atoms with Gasteiger partial charge in [0.25, 0.3) is 5.91 Å². The molecular weight excluding hydrogens is 355 g/mol. The minimum absolute atomic E-state index is 0.00178. The molecule has 106 valence electrons. The molecule has 6 heteroatoms. The Morgan fingerprint density at radius 1 is 1.33 bits per heavy atom. The first-order valence-corrected chi connectivity index (χ1v) is 7.78. The number of anilines is 1. The molecule has 2 aromatic carbocycles. The minimum Gasteiger partial charge on any atom is -0.322 e. The van der Waals surface area contributed by atoms with Gasteiger partial charge in [0.15, 0.2) is 0 Å². The van der Waals surface area contributed by atoms with Crippen molar-refractivity contribution in [3.05, 3.63) is 57.3 Å². The number of fused-ring (bicyclic) bond motifs is 1. The van der Waals surface area contributed by atoms with E-state index in [1.807, 2.05) is 19.1 Å². The Labute approximate surface area is 133 Å². The van der Waals surface area contributed by atoms with E-state index in [9.17, 15) is 9.18 Å². The van der Waals surface area contributed by atoms with Gasteiger partial charge in [-0.15, -0.1) is 11.3 Å². The van der Waals surface area contributed by atoms with Gasteiger partial charge in [-0.1, -0.05) is 6.07 Å². The molecule has 0 aliphatic carbocycles. The summed E-state index contributed by atoms with van der Waals surface area (Å²) in [4.78, 5) is 16.6. The van der Waals surface area contributed by atoms with Crippen molar-refractivity contribution in [3.8, 4) is 0 Å². The smallest absolute Gasteiger partial charge is 0.259 e. The van der Waals surface area contributed by atoms with Gasteiger partial charge in [0.2, 0.25) is 0 Å². The van der Waals surface area contributed by atoms with Crippen LogP contribution in [0.1, 0.15) is 15.4 Å². The Morgan fingerprint density at radius 3 is 2.90 bits per heavy atom. The summed E-state index contributed by atoms with van der Waals surface area (Å²) >= 11 is 4.75. The van der Waals surface area contributed by atoms with Gasteiger partial charge in [-0.25, -0.2) is 9.37 Å². The van der Waals surface area contributed by atoms with Crippen molar-refractivity contribution in [2.45, 2.75) is 6.92 Å². The first kappa shape index (κ1) is 14.2. The van der Waals surface area contributed by atoms with Crippen molar-refractivity contribution < 1.29 is 9.18 Å². The lowest BCUT2D eigenvalue weighted by Crippen LogP contribution is -2.14. The zero-order valence-electron chi connectivity index (χ0n) is 11.0. The van der Waals surface area contributed by atoms with E-state index in [4.69, 9.17) is 0 Å². The largest absolute Gasteiger partial charge is 0.322 e. The van der Waals surface area contributed by atoms with Crippen LogP contribution in [-0.2, 0) is 0 Å². The summed E-state index contributed by atoms with van der Waals surface area (Å²) in [7, 11) is 0. The molecule has 0 saturated heterocycles. The summed E-state index contributed by atoms with van der Waals surface area (Å²) in [6.45, 7) is 1.93. The fourth-order valence-corrected chi connectivity index (χ4v) is 3.41. The molecule has 0 atom stereocenters. The number of rotatable bonds is 2. The van der Waals surface area contributed by atoms with Crippen molar-refractivity contribution in [2.75, 3.05) is 5.32 Å². The summed E-state index contributed by atoms with van der Waals surface area (Å²) in [5, 5.41) is 3.67. The first-order valence-electron chi connectivity index (χ1n) is 6.17. The number of carbonyl (C=O) groups is 1. The van der Waals surface area contributed by atoms with Crippen LogP contribution in [0, 0.1) is 12.7 Å². The molecule has 3 nitrogen and oxygen atoms in total. The predicted octanol–water partition coefficient (Wildman–Crippen LogP) is 4.76. The van der Waals surface area contributed by atoms with Crippen LogP contribution in [0.5, 0.6) is 0 Å². The van der Waals surface area contributed by atoms with Gasteiger partial charge in [-0.3, -0.25) is 4.79 Å². The Hall–Kier alpha value is -1.79. The summed E-state index contributed by atoms with van der Waals surface area (Å²) in [6, 6.07) is 9.87. The highest BCUT2D eigenvalue weighted by molar-refractivity contribution is 9.10. The predicted molar refractivity (Wildman–Crippen MR) is 86.4 cm³/mol. The number of hydrogen-bond donors (Lipinski definition) is 1. The number of aromatic nitrogens is 1. The van der Waals surface area contributed by atoms with E-state index in [1.165, 1.54) is 6.07 Å². The fourth-order valence-electron chi connectivity index (χ4n) is 2.03. The zero-order valence-corrected chi connectivity index (χ0v) is 13.4. The van der Waals surface area contributed by atoms with Gasteiger partial charge in [0, 0.05) is 10.2 Å². The minimum atomic E-state index is -0.559. The van der Waals surface area contributed by atoms with Gasteiger partial charge < -0.3 is 5.32 Å². The number of aryl methyl sites for hydroxylation is 1. The van der Waals surface area contributed by atoms with E-state index < -0.39 is 11.7 Å². The van der Waals surface area contributed by atoms with Gasteiger partial charge in [-0.05, 0) is 53.2 Å². The van der Waals surface area contributed by atoms with Crippen LogP contribution >= 0.6 is 27.3 Å². The molecule has 0 bridgehead atoms. The molecule has 0 saturated carbocycles. The molecule has 1 N–H and O–H groups in total. The number of thiazole rings is 1. The molecule has 3 aromatic rings. The molecule has 1 heterocycles. The normalized spacial score (nSPS) is 10.8. The Bertz CT molecular complexity index is 827. The number of nitrogens with zero attached hydrogens (tertiary/aromatic N) is 1. The average Bonchev–Trinajstić information content (AvgIpc) is 2.77. The number of carbonyl (C=O) groups excluding carboxylic acids is 1. The highest BCUT2D eigenvalue weighted by Gasteiger charge is 2.15. The summed E-state index contributed by atoms with van der Waals surface area (Å²) in [6.07, 6.45) is 0. The summed E-state index contributed by atoms with van der Waals surface area (Å²) in [5.41, 5.74) is 1.51. The van der Waals surface area contributed by atoms with E-state index in [-0.39, 0.29) is 5.56 Å².